The minimum absolute atomic E-state index is 0.580. The van der Waals surface area contributed by atoms with Gasteiger partial charge < -0.3 is 5.32 Å². The van der Waals surface area contributed by atoms with Crippen LogP contribution in [0.15, 0.2) is 6.07 Å². The number of fused-ring (bicyclic) bond motifs is 1. The van der Waals surface area contributed by atoms with Crippen LogP contribution in [0.2, 0.25) is 0 Å². The Morgan fingerprint density at radius 2 is 2.11 bits per heavy atom. The van der Waals surface area contributed by atoms with E-state index >= 15 is 0 Å². The molecule has 1 aliphatic carbocycles. The molecule has 0 saturated heterocycles. The van der Waals surface area contributed by atoms with Crippen molar-refractivity contribution in [3.05, 3.63) is 11.8 Å². The zero-order chi connectivity index (χ0) is 13.2. The van der Waals surface area contributed by atoms with E-state index in [2.05, 4.69) is 29.9 Å². The molecule has 1 N–H and O–H groups in total. The van der Waals surface area contributed by atoms with Crippen LogP contribution in [0.3, 0.4) is 0 Å². The fourth-order valence-corrected chi connectivity index (χ4v) is 3.83. The van der Waals surface area contributed by atoms with Crippen molar-refractivity contribution in [2.75, 3.05) is 11.9 Å². The van der Waals surface area contributed by atoms with Gasteiger partial charge in [-0.3, -0.25) is 0 Å². The van der Waals surface area contributed by atoms with Gasteiger partial charge in [-0.2, -0.15) is 5.10 Å². The van der Waals surface area contributed by atoms with E-state index in [0.29, 0.717) is 12.0 Å². The quantitative estimate of drug-likeness (QED) is 0.890. The topological polar surface area (TPSA) is 29.9 Å². The maximum Gasteiger partial charge on any atom is 0.124 e. The largest absolute Gasteiger partial charge is 0.370 e. The molecule has 1 aromatic heterocycles. The van der Waals surface area contributed by atoms with Crippen molar-refractivity contribution in [3.8, 4) is 0 Å². The zero-order valence-electron chi connectivity index (χ0n) is 12.4. The highest BCUT2D eigenvalue weighted by Gasteiger charge is 2.26. The highest BCUT2D eigenvalue weighted by Crippen LogP contribution is 2.32. The third-order valence-corrected chi connectivity index (χ3v) is 5.00. The predicted molar refractivity (Wildman–Crippen MR) is 79.5 cm³/mol. The minimum atomic E-state index is 0.580. The van der Waals surface area contributed by atoms with E-state index in [1.807, 2.05) is 0 Å². The summed E-state index contributed by atoms with van der Waals surface area (Å²) >= 11 is 0. The molecule has 3 heteroatoms. The Morgan fingerprint density at radius 3 is 2.84 bits per heavy atom. The van der Waals surface area contributed by atoms with E-state index in [9.17, 15) is 0 Å². The van der Waals surface area contributed by atoms with E-state index < -0.39 is 0 Å². The van der Waals surface area contributed by atoms with Gasteiger partial charge in [0.25, 0.3) is 0 Å². The maximum atomic E-state index is 4.90. The fraction of sp³-hybridized carbons (Fsp3) is 0.812. The van der Waals surface area contributed by atoms with Crippen molar-refractivity contribution >= 4 is 5.82 Å². The molecule has 0 amide bonds. The van der Waals surface area contributed by atoms with Gasteiger partial charge in [-0.25, -0.2) is 4.68 Å². The first-order chi connectivity index (χ1) is 9.28. The molecule has 3 rings (SSSR count). The van der Waals surface area contributed by atoms with Crippen molar-refractivity contribution in [1.29, 1.82) is 0 Å². The molecule has 2 aliphatic rings. The van der Waals surface area contributed by atoms with Gasteiger partial charge in [0.15, 0.2) is 0 Å². The monoisotopic (exact) mass is 261 g/mol. The summed E-state index contributed by atoms with van der Waals surface area (Å²) in [6, 6.07) is 2.87. The molecule has 1 aliphatic heterocycles. The lowest BCUT2D eigenvalue weighted by atomic mass is 9.86. The Hall–Kier alpha value is -0.990. The highest BCUT2D eigenvalue weighted by atomic mass is 15.4. The summed E-state index contributed by atoms with van der Waals surface area (Å²) in [5.74, 6) is 2.80. The first-order valence-electron chi connectivity index (χ1n) is 8.10. The Labute approximate surface area is 116 Å². The van der Waals surface area contributed by atoms with Crippen LogP contribution in [0, 0.1) is 11.8 Å². The van der Waals surface area contributed by atoms with Gasteiger partial charge in [-0.1, -0.05) is 46.0 Å². The number of aromatic nitrogens is 2. The van der Waals surface area contributed by atoms with Gasteiger partial charge in [-0.15, -0.1) is 0 Å². The number of hydrogen-bond donors (Lipinski definition) is 1. The van der Waals surface area contributed by atoms with Crippen LogP contribution in [-0.2, 0) is 6.42 Å². The molecule has 1 fully saturated rings. The number of nitrogens with zero attached hydrogens (tertiary/aromatic N) is 2. The number of nitrogens with one attached hydrogen (secondary N) is 1. The standard InChI is InChI=1S/C16H27N3/c1-3-15-12(2)11-17-16-10-14(18-19(15)16)9-13-7-5-4-6-8-13/h10,12-13,15,17H,3-9,11H2,1-2H3. The van der Waals surface area contributed by atoms with Crippen molar-refractivity contribution in [1.82, 2.24) is 9.78 Å². The van der Waals surface area contributed by atoms with Crippen LogP contribution in [-0.4, -0.2) is 16.3 Å². The van der Waals surface area contributed by atoms with Gasteiger partial charge in [0.2, 0.25) is 0 Å². The Bertz CT molecular complexity index is 418. The summed E-state index contributed by atoms with van der Waals surface area (Å²) in [4.78, 5) is 0. The maximum absolute atomic E-state index is 4.90. The average molecular weight is 261 g/mol. The second-order valence-electron chi connectivity index (χ2n) is 6.51. The van der Waals surface area contributed by atoms with Gasteiger partial charge in [0, 0.05) is 12.6 Å². The normalized spacial score (nSPS) is 27.9. The first kappa shape index (κ1) is 13.0. The highest BCUT2D eigenvalue weighted by molar-refractivity contribution is 5.39. The van der Waals surface area contributed by atoms with E-state index in [1.54, 1.807) is 0 Å². The Kier molecular flexibility index (Phi) is 3.81. The predicted octanol–water partition coefficient (Wildman–Crippen LogP) is 4.02. The van der Waals surface area contributed by atoms with Crippen LogP contribution < -0.4 is 5.32 Å². The summed E-state index contributed by atoms with van der Waals surface area (Å²) < 4.78 is 2.26. The third-order valence-electron chi connectivity index (χ3n) is 5.00. The van der Waals surface area contributed by atoms with E-state index in [0.717, 1.165) is 12.5 Å². The van der Waals surface area contributed by atoms with Gasteiger partial charge >= 0.3 is 0 Å². The molecule has 19 heavy (non-hydrogen) atoms. The zero-order valence-corrected chi connectivity index (χ0v) is 12.4. The van der Waals surface area contributed by atoms with Crippen LogP contribution in [0.25, 0.3) is 0 Å². The molecule has 2 unspecified atom stereocenters. The lowest BCUT2D eigenvalue weighted by Crippen LogP contribution is -2.30. The molecule has 106 valence electrons. The molecule has 0 bridgehead atoms. The summed E-state index contributed by atoms with van der Waals surface area (Å²) in [5, 5.41) is 8.44. The summed E-state index contributed by atoms with van der Waals surface area (Å²) in [7, 11) is 0. The number of anilines is 1. The van der Waals surface area contributed by atoms with Crippen molar-refractivity contribution < 1.29 is 0 Å². The minimum Gasteiger partial charge on any atom is -0.370 e. The summed E-state index contributed by atoms with van der Waals surface area (Å²) in [5.41, 5.74) is 1.31. The Morgan fingerprint density at radius 1 is 1.32 bits per heavy atom. The molecular weight excluding hydrogens is 234 g/mol. The van der Waals surface area contributed by atoms with Gasteiger partial charge in [0.1, 0.15) is 5.82 Å². The van der Waals surface area contributed by atoms with Crippen molar-refractivity contribution in [3.63, 3.8) is 0 Å². The molecule has 3 nitrogen and oxygen atoms in total. The molecule has 2 atom stereocenters. The van der Waals surface area contributed by atoms with Gasteiger partial charge in [0.05, 0.1) is 11.7 Å². The lowest BCUT2D eigenvalue weighted by molar-refractivity contribution is 0.308. The second kappa shape index (κ2) is 5.56. The van der Waals surface area contributed by atoms with Crippen LogP contribution >= 0.6 is 0 Å². The van der Waals surface area contributed by atoms with E-state index in [-0.39, 0.29) is 0 Å². The van der Waals surface area contributed by atoms with E-state index in [1.165, 1.54) is 56.5 Å². The van der Waals surface area contributed by atoms with E-state index in [4.69, 9.17) is 5.10 Å². The van der Waals surface area contributed by atoms with Crippen molar-refractivity contribution in [2.24, 2.45) is 11.8 Å². The molecular formula is C16H27N3. The molecule has 2 heterocycles. The molecule has 0 spiro atoms. The Balaban J connectivity index is 1.74. The summed E-state index contributed by atoms with van der Waals surface area (Å²) in [6.45, 7) is 5.69. The average Bonchev–Trinajstić information content (AvgIpc) is 2.82. The number of hydrogen-bond acceptors (Lipinski definition) is 2. The SMILES string of the molecule is CCC1C(C)CNc2cc(CC3CCCCC3)nn21. The molecule has 1 saturated carbocycles. The van der Waals surface area contributed by atoms with Crippen molar-refractivity contribution in [2.45, 2.75) is 64.8 Å². The van der Waals surface area contributed by atoms with Crippen LogP contribution in [0.4, 0.5) is 5.82 Å². The third kappa shape index (κ3) is 2.65. The fourth-order valence-electron chi connectivity index (χ4n) is 3.83. The molecule has 1 aromatic rings. The molecule has 0 radical (unpaired) electrons. The summed E-state index contributed by atoms with van der Waals surface area (Å²) in [6.07, 6.45) is 9.46. The first-order valence-corrected chi connectivity index (χ1v) is 8.10. The number of rotatable bonds is 3. The van der Waals surface area contributed by atoms with Crippen LogP contribution in [0.1, 0.15) is 64.1 Å². The second-order valence-corrected chi connectivity index (χ2v) is 6.51. The van der Waals surface area contributed by atoms with Gasteiger partial charge in [-0.05, 0) is 24.7 Å². The van der Waals surface area contributed by atoms with Crippen LogP contribution in [0.5, 0.6) is 0 Å². The smallest absolute Gasteiger partial charge is 0.124 e. The molecule has 0 aromatic carbocycles. The lowest BCUT2D eigenvalue weighted by Gasteiger charge is -2.30.